The van der Waals surface area contributed by atoms with Crippen molar-refractivity contribution in [3.8, 4) is 0 Å². The molecule has 2 N–H and O–H groups in total. The number of carbonyl (C=O) groups excluding carboxylic acids is 1. The van der Waals surface area contributed by atoms with E-state index in [1.165, 1.54) is 37.7 Å². The van der Waals surface area contributed by atoms with E-state index >= 15 is 0 Å². The lowest BCUT2D eigenvalue weighted by Crippen LogP contribution is -2.27. The Hall–Kier alpha value is -3.16. The van der Waals surface area contributed by atoms with Gasteiger partial charge >= 0.3 is 0 Å². The van der Waals surface area contributed by atoms with Gasteiger partial charge in [-0.3, -0.25) is 10.1 Å². The summed E-state index contributed by atoms with van der Waals surface area (Å²) in [6.07, 6.45) is 8.61. The fourth-order valence-corrected chi connectivity index (χ4v) is 3.29. The van der Waals surface area contributed by atoms with Gasteiger partial charge in [-0.1, -0.05) is 25.3 Å². The zero-order valence-electron chi connectivity index (χ0n) is 14.3. The topological polar surface area (TPSA) is 98.3 Å². The second kappa shape index (κ2) is 6.99. The molecule has 0 unspecified atom stereocenters. The van der Waals surface area contributed by atoms with Crippen LogP contribution >= 0.6 is 0 Å². The minimum atomic E-state index is -0.423. The van der Waals surface area contributed by atoms with E-state index in [4.69, 9.17) is 0 Å². The first-order valence-electron chi connectivity index (χ1n) is 8.81. The van der Waals surface area contributed by atoms with E-state index in [0.717, 1.165) is 18.7 Å². The molecule has 3 heterocycles. The van der Waals surface area contributed by atoms with Gasteiger partial charge in [-0.25, -0.2) is 0 Å². The number of fused-ring (bicyclic) bond motifs is 1. The molecule has 0 aliphatic heterocycles. The molecule has 0 atom stereocenters. The highest BCUT2D eigenvalue weighted by Gasteiger charge is 2.16. The van der Waals surface area contributed by atoms with Crippen LogP contribution in [-0.2, 0) is 0 Å². The van der Waals surface area contributed by atoms with Crippen LogP contribution in [0.5, 0.6) is 0 Å². The van der Waals surface area contributed by atoms with Crippen LogP contribution in [0.25, 0.3) is 5.65 Å². The molecule has 26 heavy (non-hydrogen) atoms. The second-order valence-electron chi connectivity index (χ2n) is 6.50. The lowest BCUT2D eigenvalue weighted by Gasteiger charge is -2.23. The lowest BCUT2D eigenvalue weighted by molar-refractivity contribution is -0.605. The van der Waals surface area contributed by atoms with Gasteiger partial charge in [0.1, 0.15) is 11.4 Å². The fraction of sp³-hybridized carbons (Fsp3) is 0.333. The summed E-state index contributed by atoms with van der Waals surface area (Å²) in [4.78, 5) is 16.6. The number of anilines is 2. The number of hydrogen-bond donors (Lipinski definition) is 2. The minimum absolute atomic E-state index is 0.203. The Labute approximate surface area is 150 Å². The van der Waals surface area contributed by atoms with E-state index < -0.39 is 5.91 Å². The molecule has 1 aliphatic rings. The number of amides is 1. The number of nitrogens with zero attached hydrogens (tertiary/aromatic N) is 4. The molecule has 8 nitrogen and oxygen atoms in total. The standard InChI is InChI=1S/C18H20N6O2/c25-17(13-6-5-11-23(26)12-13)21-18-20-16-10-4-9-15(24(16)22-18)19-14-7-2-1-3-8-14/h4-6,9-12,14,19H,1-3,7-8H2,(H,21,22,25). The van der Waals surface area contributed by atoms with Gasteiger partial charge in [0.25, 0.3) is 5.91 Å². The molecule has 0 saturated heterocycles. The van der Waals surface area contributed by atoms with Crippen molar-refractivity contribution in [2.24, 2.45) is 0 Å². The Morgan fingerprint density at radius 2 is 2.04 bits per heavy atom. The molecule has 0 bridgehead atoms. The van der Waals surface area contributed by atoms with Crippen LogP contribution in [0.1, 0.15) is 42.5 Å². The first kappa shape index (κ1) is 16.3. The quantitative estimate of drug-likeness (QED) is 0.555. The van der Waals surface area contributed by atoms with E-state index in [2.05, 4.69) is 20.7 Å². The second-order valence-corrected chi connectivity index (χ2v) is 6.50. The molecule has 1 fully saturated rings. The maximum Gasteiger partial charge on any atom is 0.264 e. The van der Waals surface area contributed by atoms with Gasteiger partial charge in [0.15, 0.2) is 18.0 Å². The summed E-state index contributed by atoms with van der Waals surface area (Å²) >= 11 is 0. The van der Waals surface area contributed by atoms with Crippen molar-refractivity contribution in [1.82, 2.24) is 14.6 Å². The number of nitrogens with one attached hydrogen (secondary N) is 2. The molecule has 0 aromatic carbocycles. The van der Waals surface area contributed by atoms with Crippen LogP contribution in [0.15, 0.2) is 42.7 Å². The summed E-state index contributed by atoms with van der Waals surface area (Å²) < 4.78 is 2.28. The van der Waals surface area contributed by atoms with E-state index in [-0.39, 0.29) is 11.5 Å². The number of rotatable bonds is 4. The SMILES string of the molecule is O=C(Nc1nc2cccc(NC3CCCCC3)n2n1)c1ccc[n+]([O-])c1. The largest absolute Gasteiger partial charge is 0.619 e. The molecule has 1 saturated carbocycles. The van der Waals surface area contributed by atoms with Crippen LogP contribution < -0.4 is 15.4 Å². The summed E-state index contributed by atoms with van der Waals surface area (Å²) in [6.45, 7) is 0. The third kappa shape index (κ3) is 3.44. The molecule has 0 radical (unpaired) electrons. The van der Waals surface area contributed by atoms with Crippen molar-refractivity contribution in [2.75, 3.05) is 10.6 Å². The zero-order valence-corrected chi connectivity index (χ0v) is 14.3. The molecule has 1 amide bonds. The number of aromatic nitrogens is 4. The maximum atomic E-state index is 12.3. The van der Waals surface area contributed by atoms with Crippen molar-refractivity contribution in [3.05, 3.63) is 53.5 Å². The fourth-order valence-electron chi connectivity index (χ4n) is 3.29. The smallest absolute Gasteiger partial charge is 0.264 e. The van der Waals surface area contributed by atoms with Crippen molar-refractivity contribution in [2.45, 2.75) is 38.1 Å². The van der Waals surface area contributed by atoms with Gasteiger partial charge in [-0.15, -0.1) is 5.10 Å². The average molecular weight is 352 g/mol. The summed E-state index contributed by atoms with van der Waals surface area (Å²) in [5, 5.41) is 21.9. The van der Waals surface area contributed by atoms with Crippen molar-refractivity contribution >= 4 is 23.3 Å². The minimum Gasteiger partial charge on any atom is -0.619 e. The summed E-state index contributed by atoms with van der Waals surface area (Å²) in [7, 11) is 0. The van der Waals surface area contributed by atoms with Gasteiger partial charge < -0.3 is 10.5 Å². The highest BCUT2D eigenvalue weighted by atomic mass is 16.5. The molecule has 8 heteroatoms. The van der Waals surface area contributed by atoms with Crippen LogP contribution in [-0.4, -0.2) is 26.5 Å². The van der Waals surface area contributed by atoms with Gasteiger partial charge in [0.05, 0.1) is 0 Å². The number of hydrogen-bond acceptors (Lipinski definition) is 5. The third-order valence-corrected chi connectivity index (χ3v) is 4.58. The van der Waals surface area contributed by atoms with Gasteiger partial charge in [-0.05, 0) is 31.0 Å². The molecule has 0 spiro atoms. The Morgan fingerprint density at radius 1 is 1.19 bits per heavy atom. The van der Waals surface area contributed by atoms with E-state index in [1.54, 1.807) is 10.6 Å². The first-order chi connectivity index (χ1) is 12.7. The molecule has 4 rings (SSSR count). The third-order valence-electron chi connectivity index (χ3n) is 4.58. The van der Waals surface area contributed by atoms with Gasteiger partial charge in [0, 0.05) is 12.1 Å². The predicted molar refractivity (Wildman–Crippen MR) is 96.8 cm³/mol. The molecular formula is C18H20N6O2. The highest BCUT2D eigenvalue weighted by molar-refractivity contribution is 6.03. The molecular weight excluding hydrogens is 332 g/mol. The van der Waals surface area contributed by atoms with Crippen molar-refractivity contribution in [1.29, 1.82) is 0 Å². The predicted octanol–water partition coefficient (Wildman–Crippen LogP) is 2.36. The Bertz CT molecular complexity index is 932. The molecule has 134 valence electrons. The summed E-state index contributed by atoms with van der Waals surface area (Å²) in [5.41, 5.74) is 0.898. The Kier molecular flexibility index (Phi) is 4.39. The van der Waals surface area contributed by atoms with E-state index in [9.17, 15) is 10.0 Å². The Morgan fingerprint density at radius 3 is 2.85 bits per heavy atom. The molecule has 3 aromatic rings. The molecule has 1 aliphatic carbocycles. The molecule has 3 aromatic heterocycles. The van der Waals surface area contributed by atoms with Crippen molar-refractivity contribution < 1.29 is 9.52 Å². The van der Waals surface area contributed by atoms with E-state index in [0.29, 0.717) is 16.4 Å². The lowest BCUT2D eigenvalue weighted by atomic mass is 9.95. The Balaban J connectivity index is 1.55. The van der Waals surface area contributed by atoms with Crippen molar-refractivity contribution in [3.63, 3.8) is 0 Å². The zero-order chi connectivity index (χ0) is 17.9. The van der Waals surface area contributed by atoms with Gasteiger partial charge in [0.2, 0.25) is 5.95 Å². The van der Waals surface area contributed by atoms with Crippen LogP contribution in [0.4, 0.5) is 11.8 Å². The van der Waals surface area contributed by atoms with Gasteiger partial charge in [-0.2, -0.15) is 14.2 Å². The summed E-state index contributed by atoms with van der Waals surface area (Å²) in [5.74, 6) is 0.640. The van der Waals surface area contributed by atoms with Crippen LogP contribution in [0.2, 0.25) is 0 Å². The summed E-state index contributed by atoms with van der Waals surface area (Å²) in [6, 6.07) is 9.23. The van der Waals surface area contributed by atoms with Crippen LogP contribution in [0.3, 0.4) is 0 Å². The first-order valence-corrected chi connectivity index (χ1v) is 8.81. The monoisotopic (exact) mass is 352 g/mol. The average Bonchev–Trinajstić information content (AvgIpc) is 3.06. The highest BCUT2D eigenvalue weighted by Crippen LogP contribution is 2.22. The van der Waals surface area contributed by atoms with E-state index in [1.807, 2.05) is 18.2 Å². The number of carbonyl (C=O) groups is 1. The normalized spacial score (nSPS) is 15.1. The number of pyridine rings is 2. The maximum absolute atomic E-state index is 12.3. The van der Waals surface area contributed by atoms with Crippen LogP contribution in [0, 0.1) is 5.21 Å².